The number of nitro groups is 1. The molecule has 23 heavy (non-hydrogen) atoms. The Labute approximate surface area is 129 Å². The van der Waals surface area contributed by atoms with Crippen LogP contribution in [0.1, 0.15) is 21.8 Å². The van der Waals surface area contributed by atoms with Gasteiger partial charge in [-0.3, -0.25) is 14.9 Å². The number of amides is 1. The predicted molar refractivity (Wildman–Crippen MR) is 83.5 cm³/mol. The largest absolute Gasteiger partial charge is 0.433 e. The van der Waals surface area contributed by atoms with E-state index in [0.717, 1.165) is 16.5 Å². The summed E-state index contributed by atoms with van der Waals surface area (Å²) in [5, 5.41) is 15.2. The van der Waals surface area contributed by atoms with E-state index >= 15 is 0 Å². The molecule has 0 spiro atoms. The van der Waals surface area contributed by atoms with Crippen molar-refractivity contribution in [2.24, 2.45) is 5.10 Å². The molecule has 2 heterocycles. The summed E-state index contributed by atoms with van der Waals surface area (Å²) in [6.07, 6.45) is 1.20. The molecule has 0 unspecified atom stereocenters. The van der Waals surface area contributed by atoms with E-state index < -0.39 is 10.8 Å². The molecule has 116 valence electrons. The average Bonchev–Trinajstić information content (AvgIpc) is 3.13. The summed E-state index contributed by atoms with van der Waals surface area (Å²) in [5.74, 6) is -0.620. The molecule has 2 N–H and O–H groups in total. The van der Waals surface area contributed by atoms with Crippen molar-refractivity contribution in [1.29, 1.82) is 0 Å². The number of fused-ring (bicyclic) bond motifs is 1. The Balaban J connectivity index is 1.74. The fourth-order valence-corrected chi connectivity index (χ4v) is 2.23. The minimum Gasteiger partial charge on any atom is -0.400 e. The van der Waals surface area contributed by atoms with Gasteiger partial charge >= 0.3 is 5.88 Å². The topological polar surface area (TPSA) is 114 Å². The minimum absolute atomic E-state index is 0.172. The van der Waals surface area contributed by atoms with Gasteiger partial charge in [0.15, 0.2) is 5.76 Å². The number of hydrogen-bond donors (Lipinski definition) is 2. The van der Waals surface area contributed by atoms with Gasteiger partial charge in [-0.2, -0.15) is 5.10 Å². The highest BCUT2D eigenvalue weighted by Gasteiger charge is 2.14. The van der Waals surface area contributed by atoms with Crippen LogP contribution in [0.15, 0.2) is 45.9 Å². The van der Waals surface area contributed by atoms with Gasteiger partial charge < -0.3 is 9.40 Å². The highest BCUT2D eigenvalue weighted by atomic mass is 16.6. The molecule has 2 aromatic heterocycles. The SMILES string of the molecule is Cc1c(C(=O)N/N=C/c2ccc([N+](=O)[O-])o2)[nH]c2ccccc12. The first-order valence-electron chi connectivity index (χ1n) is 6.71. The van der Waals surface area contributed by atoms with Crippen LogP contribution in [0.4, 0.5) is 5.88 Å². The molecule has 8 heteroatoms. The quantitative estimate of drug-likeness (QED) is 0.438. The van der Waals surface area contributed by atoms with Gasteiger partial charge in [-0.1, -0.05) is 18.2 Å². The smallest absolute Gasteiger partial charge is 0.400 e. The molecule has 0 fully saturated rings. The Hall–Kier alpha value is -3.42. The number of aromatic amines is 1. The van der Waals surface area contributed by atoms with Crippen molar-refractivity contribution < 1.29 is 14.1 Å². The molecule has 0 saturated heterocycles. The number of carbonyl (C=O) groups is 1. The van der Waals surface area contributed by atoms with Gasteiger partial charge in [-0.05, 0) is 24.6 Å². The average molecular weight is 312 g/mol. The van der Waals surface area contributed by atoms with Crippen molar-refractivity contribution in [2.75, 3.05) is 0 Å². The molecule has 1 aromatic carbocycles. The molecule has 0 aliphatic heterocycles. The van der Waals surface area contributed by atoms with Crippen molar-refractivity contribution >= 4 is 28.9 Å². The van der Waals surface area contributed by atoms with Crippen LogP contribution in [0.2, 0.25) is 0 Å². The summed E-state index contributed by atoms with van der Waals surface area (Å²) in [5.41, 5.74) is 4.45. The predicted octanol–water partition coefficient (Wildman–Crippen LogP) is 2.74. The molecule has 0 bridgehead atoms. The van der Waals surface area contributed by atoms with Crippen LogP contribution in [0.3, 0.4) is 0 Å². The van der Waals surface area contributed by atoms with Crippen LogP contribution in [0.25, 0.3) is 10.9 Å². The van der Waals surface area contributed by atoms with Gasteiger partial charge in [-0.15, -0.1) is 0 Å². The lowest BCUT2D eigenvalue weighted by atomic mass is 10.1. The van der Waals surface area contributed by atoms with Gasteiger partial charge in [0.25, 0.3) is 5.91 Å². The number of aromatic nitrogens is 1. The number of hydrazone groups is 1. The molecule has 3 aromatic rings. The summed E-state index contributed by atoms with van der Waals surface area (Å²) in [7, 11) is 0. The van der Waals surface area contributed by atoms with E-state index in [1.807, 2.05) is 31.2 Å². The maximum Gasteiger partial charge on any atom is 0.433 e. The number of para-hydroxylation sites is 1. The highest BCUT2D eigenvalue weighted by Crippen LogP contribution is 2.21. The zero-order valence-electron chi connectivity index (χ0n) is 12.1. The second-order valence-corrected chi connectivity index (χ2v) is 4.80. The molecule has 3 rings (SSSR count). The van der Waals surface area contributed by atoms with Crippen molar-refractivity contribution in [3.63, 3.8) is 0 Å². The first-order chi connectivity index (χ1) is 11.1. The lowest BCUT2D eigenvalue weighted by Crippen LogP contribution is -2.18. The number of aryl methyl sites for hydroxylation is 1. The molecule has 1 amide bonds. The summed E-state index contributed by atoms with van der Waals surface area (Å²) >= 11 is 0. The van der Waals surface area contributed by atoms with Crippen LogP contribution >= 0.6 is 0 Å². The summed E-state index contributed by atoms with van der Waals surface area (Å²) in [6, 6.07) is 10.2. The van der Waals surface area contributed by atoms with Crippen LogP contribution < -0.4 is 5.43 Å². The lowest BCUT2D eigenvalue weighted by molar-refractivity contribution is -0.402. The molecule has 0 aliphatic rings. The summed E-state index contributed by atoms with van der Waals surface area (Å²) in [4.78, 5) is 25.0. The molecule has 0 aliphatic carbocycles. The standard InChI is InChI=1S/C15H12N4O4/c1-9-11-4-2-3-5-12(11)17-14(9)15(20)18-16-8-10-6-7-13(23-10)19(21)22/h2-8,17H,1H3,(H,18,20)/b16-8+. The third-order valence-corrected chi connectivity index (χ3v) is 3.34. The zero-order chi connectivity index (χ0) is 16.4. The van der Waals surface area contributed by atoms with E-state index in [1.165, 1.54) is 18.3 Å². The number of nitrogens with zero attached hydrogens (tertiary/aromatic N) is 2. The Bertz CT molecular complexity index is 923. The number of nitrogens with one attached hydrogen (secondary N) is 2. The fraction of sp³-hybridized carbons (Fsp3) is 0.0667. The van der Waals surface area contributed by atoms with Gasteiger partial charge in [-0.25, -0.2) is 5.43 Å². The fourth-order valence-electron chi connectivity index (χ4n) is 2.23. The summed E-state index contributed by atoms with van der Waals surface area (Å²) in [6.45, 7) is 1.84. The zero-order valence-corrected chi connectivity index (χ0v) is 12.1. The van der Waals surface area contributed by atoms with Crippen LogP contribution in [-0.2, 0) is 0 Å². The van der Waals surface area contributed by atoms with Gasteiger partial charge in [0.05, 0.1) is 12.3 Å². The maximum atomic E-state index is 12.1. The van der Waals surface area contributed by atoms with Crippen molar-refractivity contribution in [1.82, 2.24) is 10.4 Å². The van der Waals surface area contributed by atoms with Crippen molar-refractivity contribution in [2.45, 2.75) is 6.92 Å². The van der Waals surface area contributed by atoms with Gasteiger partial charge in [0.1, 0.15) is 10.6 Å². The van der Waals surface area contributed by atoms with E-state index in [9.17, 15) is 14.9 Å². The molecule has 0 saturated carbocycles. The van der Waals surface area contributed by atoms with Gasteiger partial charge in [0.2, 0.25) is 0 Å². The number of rotatable bonds is 4. The second-order valence-electron chi connectivity index (χ2n) is 4.80. The molecule has 0 atom stereocenters. The number of carbonyl (C=O) groups excluding carboxylic acids is 1. The van der Waals surface area contributed by atoms with Crippen molar-refractivity contribution in [3.05, 3.63) is 63.5 Å². The monoisotopic (exact) mass is 312 g/mol. The van der Waals surface area contributed by atoms with E-state index in [4.69, 9.17) is 4.42 Å². The van der Waals surface area contributed by atoms with Gasteiger partial charge in [0, 0.05) is 10.9 Å². The number of furan rings is 1. The number of hydrogen-bond acceptors (Lipinski definition) is 5. The molecule has 0 radical (unpaired) electrons. The Morgan fingerprint density at radius 3 is 2.83 bits per heavy atom. The first kappa shape index (κ1) is 14.5. The molecule has 8 nitrogen and oxygen atoms in total. The van der Waals surface area contributed by atoms with Crippen molar-refractivity contribution in [3.8, 4) is 0 Å². The second kappa shape index (κ2) is 5.76. The molecular weight excluding hydrogens is 300 g/mol. The van der Waals surface area contributed by atoms with Crippen LogP contribution in [-0.4, -0.2) is 22.0 Å². The van der Waals surface area contributed by atoms with E-state index in [2.05, 4.69) is 15.5 Å². The Kier molecular flexibility index (Phi) is 3.63. The van der Waals surface area contributed by atoms with E-state index in [-0.39, 0.29) is 11.6 Å². The number of benzene rings is 1. The summed E-state index contributed by atoms with van der Waals surface area (Å²) < 4.78 is 4.90. The minimum atomic E-state index is -0.649. The van der Waals surface area contributed by atoms with E-state index in [0.29, 0.717) is 5.69 Å². The third kappa shape index (κ3) is 2.82. The third-order valence-electron chi connectivity index (χ3n) is 3.34. The first-order valence-corrected chi connectivity index (χ1v) is 6.71. The van der Waals surface area contributed by atoms with Crippen LogP contribution in [0, 0.1) is 17.0 Å². The normalized spacial score (nSPS) is 11.2. The number of H-pyrrole nitrogens is 1. The lowest BCUT2D eigenvalue weighted by Gasteiger charge is -1.97. The maximum absolute atomic E-state index is 12.1. The molecular formula is C15H12N4O4. The highest BCUT2D eigenvalue weighted by molar-refractivity contribution is 6.01. The van der Waals surface area contributed by atoms with Crippen LogP contribution in [0.5, 0.6) is 0 Å². The Morgan fingerprint density at radius 2 is 2.13 bits per heavy atom. The Morgan fingerprint density at radius 1 is 1.35 bits per heavy atom. The van der Waals surface area contributed by atoms with E-state index in [1.54, 1.807) is 0 Å².